The van der Waals surface area contributed by atoms with Crippen LogP contribution in [0.4, 0.5) is 8.78 Å². The average Bonchev–Trinajstić information content (AvgIpc) is 2.30. The summed E-state index contributed by atoms with van der Waals surface area (Å²) in [5, 5.41) is 0. The summed E-state index contributed by atoms with van der Waals surface area (Å²) in [5.74, 6) is 4.66. The van der Waals surface area contributed by atoms with Crippen LogP contribution in [0.25, 0.3) is 0 Å². The standard InChI is InChI=1S/C12H18F2N2O/c1-8(7-17-2)5-12(16-15)10-6-9(13)3-4-11(10)14/h3-4,6,8,12,16H,5,7,15H2,1-2H3. The van der Waals surface area contributed by atoms with E-state index in [0.29, 0.717) is 13.0 Å². The Morgan fingerprint density at radius 1 is 1.41 bits per heavy atom. The average molecular weight is 244 g/mol. The van der Waals surface area contributed by atoms with Crippen molar-refractivity contribution in [3.8, 4) is 0 Å². The zero-order valence-corrected chi connectivity index (χ0v) is 10.0. The van der Waals surface area contributed by atoms with Gasteiger partial charge in [0, 0.05) is 25.3 Å². The second-order valence-electron chi connectivity index (χ2n) is 4.18. The van der Waals surface area contributed by atoms with Crippen LogP contribution in [0.3, 0.4) is 0 Å². The Morgan fingerprint density at radius 3 is 2.71 bits per heavy atom. The topological polar surface area (TPSA) is 47.3 Å². The van der Waals surface area contributed by atoms with E-state index >= 15 is 0 Å². The first-order chi connectivity index (χ1) is 8.08. The quantitative estimate of drug-likeness (QED) is 0.595. The minimum atomic E-state index is -0.471. The molecule has 96 valence electrons. The number of hydrogen-bond acceptors (Lipinski definition) is 3. The fourth-order valence-electron chi connectivity index (χ4n) is 1.82. The molecule has 0 bridgehead atoms. The maximum absolute atomic E-state index is 13.5. The zero-order chi connectivity index (χ0) is 12.8. The van der Waals surface area contributed by atoms with Gasteiger partial charge in [-0.3, -0.25) is 11.3 Å². The minimum Gasteiger partial charge on any atom is -0.384 e. The smallest absolute Gasteiger partial charge is 0.128 e. The highest BCUT2D eigenvalue weighted by molar-refractivity contribution is 5.22. The molecule has 0 aliphatic carbocycles. The molecule has 1 aromatic rings. The fourth-order valence-corrected chi connectivity index (χ4v) is 1.82. The van der Waals surface area contributed by atoms with Crippen molar-refractivity contribution in [3.63, 3.8) is 0 Å². The summed E-state index contributed by atoms with van der Waals surface area (Å²) in [6.45, 7) is 2.51. The molecule has 3 N–H and O–H groups in total. The molecule has 1 rings (SSSR count). The lowest BCUT2D eigenvalue weighted by molar-refractivity contribution is 0.149. The van der Waals surface area contributed by atoms with Crippen molar-refractivity contribution in [3.05, 3.63) is 35.4 Å². The molecule has 0 fully saturated rings. The van der Waals surface area contributed by atoms with Crippen molar-refractivity contribution in [2.24, 2.45) is 11.8 Å². The summed E-state index contributed by atoms with van der Waals surface area (Å²) in [5.41, 5.74) is 2.76. The zero-order valence-electron chi connectivity index (χ0n) is 10.0. The van der Waals surface area contributed by atoms with Gasteiger partial charge in [0.15, 0.2) is 0 Å². The first-order valence-electron chi connectivity index (χ1n) is 5.48. The van der Waals surface area contributed by atoms with Crippen molar-refractivity contribution in [2.45, 2.75) is 19.4 Å². The molecule has 0 amide bonds. The first kappa shape index (κ1) is 14.0. The first-order valence-corrected chi connectivity index (χ1v) is 5.48. The largest absolute Gasteiger partial charge is 0.384 e. The molecule has 3 nitrogen and oxygen atoms in total. The van der Waals surface area contributed by atoms with Crippen LogP contribution in [-0.4, -0.2) is 13.7 Å². The van der Waals surface area contributed by atoms with Crippen LogP contribution >= 0.6 is 0 Å². The number of halogens is 2. The van der Waals surface area contributed by atoms with Gasteiger partial charge in [0.2, 0.25) is 0 Å². The van der Waals surface area contributed by atoms with Crippen molar-refractivity contribution in [2.75, 3.05) is 13.7 Å². The van der Waals surface area contributed by atoms with Gasteiger partial charge in [0.1, 0.15) is 11.6 Å². The van der Waals surface area contributed by atoms with Crippen molar-refractivity contribution in [1.82, 2.24) is 5.43 Å². The number of nitrogens with one attached hydrogen (secondary N) is 1. The molecule has 0 saturated heterocycles. The van der Waals surface area contributed by atoms with Gasteiger partial charge in [-0.2, -0.15) is 0 Å². The summed E-state index contributed by atoms with van der Waals surface area (Å²) < 4.78 is 31.6. The molecule has 17 heavy (non-hydrogen) atoms. The van der Waals surface area contributed by atoms with Crippen LogP contribution in [0.1, 0.15) is 24.9 Å². The predicted molar refractivity (Wildman–Crippen MR) is 62.1 cm³/mol. The highest BCUT2D eigenvalue weighted by Gasteiger charge is 2.18. The summed E-state index contributed by atoms with van der Waals surface area (Å²) in [6, 6.07) is 2.94. The molecular weight excluding hydrogens is 226 g/mol. The van der Waals surface area contributed by atoms with Crippen LogP contribution < -0.4 is 11.3 Å². The monoisotopic (exact) mass is 244 g/mol. The molecule has 2 atom stereocenters. The third-order valence-electron chi connectivity index (χ3n) is 2.62. The molecular formula is C12H18F2N2O. The molecule has 0 aliphatic rings. The molecule has 0 spiro atoms. The lowest BCUT2D eigenvalue weighted by Gasteiger charge is -2.20. The van der Waals surface area contributed by atoms with Gasteiger partial charge >= 0.3 is 0 Å². The summed E-state index contributed by atoms with van der Waals surface area (Å²) in [7, 11) is 1.60. The third kappa shape index (κ3) is 4.03. The van der Waals surface area contributed by atoms with Gasteiger partial charge in [0.05, 0.1) is 0 Å². The third-order valence-corrected chi connectivity index (χ3v) is 2.62. The number of hydrogen-bond donors (Lipinski definition) is 2. The molecule has 1 aromatic carbocycles. The van der Waals surface area contributed by atoms with E-state index < -0.39 is 17.7 Å². The lowest BCUT2D eigenvalue weighted by atomic mass is 9.96. The van der Waals surface area contributed by atoms with E-state index in [9.17, 15) is 8.78 Å². The van der Waals surface area contributed by atoms with E-state index in [1.807, 2.05) is 6.92 Å². The predicted octanol–water partition coefficient (Wildman–Crippen LogP) is 2.14. The molecule has 2 unspecified atom stereocenters. The Hall–Kier alpha value is -1.04. The van der Waals surface area contributed by atoms with Gasteiger partial charge in [-0.05, 0) is 30.5 Å². The van der Waals surface area contributed by atoms with Crippen molar-refractivity contribution in [1.29, 1.82) is 0 Å². The number of rotatable bonds is 6. The molecule has 5 heteroatoms. The number of benzene rings is 1. The van der Waals surface area contributed by atoms with Gasteiger partial charge in [-0.1, -0.05) is 6.92 Å². The van der Waals surface area contributed by atoms with Crippen LogP contribution in [-0.2, 0) is 4.74 Å². The Bertz CT molecular complexity index is 360. The maximum Gasteiger partial charge on any atom is 0.128 e. The highest BCUT2D eigenvalue weighted by Crippen LogP contribution is 2.24. The summed E-state index contributed by atoms with van der Waals surface area (Å²) in [6.07, 6.45) is 0.574. The molecule has 0 aliphatic heterocycles. The van der Waals surface area contributed by atoms with E-state index in [1.54, 1.807) is 7.11 Å². The Kier molecular flexibility index (Phi) is 5.47. The van der Waals surface area contributed by atoms with Gasteiger partial charge < -0.3 is 4.74 Å². The summed E-state index contributed by atoms with van der Waals surface area (Å²) >= 11 is 0. The van der Waals surface area contributed by atoms with Crippen LogP contribution in [0.15, 0.2) is 18.2 Å². The van der Waals surface area contributed by atoms with Crippen molar-refractivity contribution < 1.29 is 13.5 Å². The fraction of sp³-hybridized carbons (Fsp3) is 0.500. The minimum absolute atomic E-state index is 0.198. The lowest BCUT2D eigenvalue weighted by Crippen LogP contribution is -2.30. The Labute approximate surface area is 99.9 Å². The number of methoxy groups -OCH3 is 1. The normalized spacial score (nSPS) is 14.6. The Balaban J connectivity index is 2.82. The van der Waals surface area contributed by atoms with E-state index in [-0.39, 0.29) is 11.5 Å². The van der Waals surface area contributed by atoms with Crippen LogP contribution in [0, 0.1) is 17.6 Å². The molecule has 0 saturated carbocycles. The van der Waals surface area contributed by atoms with E-state index in [1.165, 1.54) is 6.07 Å². The van der Waals surface area contributed by atoms with Crippen LogP contribution in [0.5, 0.6) is 0 Å². The van der Waals surface area contributed by atoms with Gasteiger partial charge in [-0.25, -0.2) is 8.78 Å². The number of nitrogens with two attached hydrogens (primary N) is 1. The van der Waals surface area contributed by atoms with E-state index in [2.05, 4.69) is 5.43 Å². The SMILES string of the molecule is COCC(C)CC(NN)c1cc(F)ccc1F. The van der Waals surface area contributed by atoms with E-state index in [4.69, 9.17) is 10.6 Å². The van der Waals surface area contributed by atoms with Crippen molar-refractivity contribution >= 4 is 0 Å². The second-order valence-corrected chi connectivity index (χ2v) is 4.18. The second kappa shape index (κ2) is 6.64. The molecule has 0 aromatic heterocycles. The van der Waals surface area contributed by atoms with E-state index in [0.717, 1.165) is 12.1 Å². The van der Waals surface area contributed by atoms with Gasteiger partial charge in [-0.15, -0.1) is 0 Å². The molecule has 0 heterocycles. The maximum atomic E-state index is 13.5. The summed E-state index contributed by atoms with van der Waals surface area (Å²) in [4.78, 5) is 0. The van der Waals surface area contributed by atoms with Gasteiger partial charge in [0.25, 0.3) is 0 Å². The Morgan fingerprint density at radius 2 is 2.12 bits per heavy atom. The molecule has 0 radical (unpaired) electrons. The number of ether oxygens (including phenoxy) is 1. The van der Waals surface area contributed by atoms with Crippen LogP contribution in [0.2, 0.25) is 0 Å². The number of hydrazine groups is 1. The highest BCUT2D eigenvalue weighted by atomic mass is 19.1.